The van der Waals surface area contributed by atoms with Crippen LogP contribution < -0.4 is 0 Å². The molecular formula is C21H28O3. The van der Waals surface area contributed by atoms with Gasteiger partial charge in [0.05, 0.1) is 0 Å². The first-order valence-electron chi connectivity index (χ1n) is 7.45. The summed E-state index contributed by atoms with van der Waals surface area (Å²) in [7, 11) is 0. The number of hydrogen-bond donors (Lipinski definition) is 0. The van der Waals surface area contributed by atoms with E-state index in [9.17, 15) is 9.59 Å². The molecule has 1 aliphatic rings. The second kappa shape index (κ2) is 13.9. The predicted octanol–water partition coefficient (Wildman–Crippen LogP) is 5.51. The van der Waals surface area contributed by atoms with E-state index in [0.29, 0.717) is 0 Å². The third-order valence-electron chi connectivity index (χ3n) is 1.82. The molecule has 0 saturated carbocycles. The molecule has 0 saturated heterocycles. The Hall–Kier alpha value is -2.68. The van der Waals surface area contributed by atoms with E-state index in [1.54, 1.807) is 0 Å². The Morgan fingerprint density at radius 2 is 1.08 bits per heavy atom. The van der Waals surface area contributed by atoms with Crippen LogP contribution in [-0.2, 0) is 14.3 Å². The number of benzene rings is 1. The maximum atomic E-state index is 9.92. The molecule has 0 bridgehead atoms. The van der Waals surface area contributed by atoms with Crippen LogP contribution in [0.15, 0.2) is 73.4 Å². The molecule has 0 aromatic heterocycles. The van der Waals surface area contributed by atoms with E-state index >= 15 is 0 Å². The number of hydrogen-bond acceptors (Lipinski definition) is 3. The topological polar surface area (TPSA) is 43.4 Å². The number of cyclic esters (lactones) is 2. The van der Waals surface area contributed by atoms with E-state index in [-0.39, 0.29) is 0 Å². The minimum Gasteiger partial charge on any atom is -0.387 e. The lowest BCUT2D eigenvalue weighted by molar-refractivity contribution is -0.150. The van der Waals surface area contributed by atoms with E-state index in [1.807, 2.05) is 52.8 Å². The van der Waals surface area contributed by atoms with Gasteiger partial charge in [0.2, 0.25) is 0 Å². The van der Waals surface area contributed by atoms with Crippen LogP contribution in [0.2, 0.25) is 0 Å². The van der Waals surface area contributed by atoms with Gasteiger partial charge in [-0.2, -0.15) is 0 Å². The van der Waals surface area contributed by atoms with Crippen LogP contribution in [-0.4, -0.2) is 11.9 Å². The fourth-order valence-electron chi connectivity index (χ4n) is 1.03. The first kappa shape index (κ1) is 23.6. The molecule has 0 radical (unpaired) electrons. The van der Waals surface area contributed by atoms with Crippen molar-refractivity contribution in [2.24, 2.45) is 0 Å². The Kier molecular flexibility index (Phi) is 13.7. The Labute approximate surface area is 146 Å². The van der Waals surface area contributed by atoms with Crippen LogP contribution >= 0.6 is 0 Å². The van der Waals surface area contributed by atoms with Crippen molar-refractivity contribution in [1.29, 1.82) is 0 Å². The minimum absolute atomic E-state index is 0.579. The lowest BCUT2D eigenvalue weighted by Crippen LogP contribution is -1.96. The van der Waals surface area contributed by atoms with Gasteiger partial charge in [-0.3, -0.25) is 0 Å². The Morgan fingerprint density at radius 3 is 1.25 bits per heavy atom. The molecule has 0 aliphatic carbocycles. The molecule has 0 unspecified atom stereocenters. The summed E-state index contributed by atoms with van der Waals surface area (Å²) in [5.74, 6) is -1.16. The zero-order chi connectivity index (χ0) is 19.1. The van der Waals surface area contributed by atoms with Crippen molar-refractivity contribution in [1.82, 2.24) is 0 Å². The summed E-state index contributed by atoms with van der Waals surface area (Å²) in [6.07, 6.45) is 2.17. The molecule has 24 heavy (non-hydrogen) atoms. The summed E-state index contributed by atoms with van der Waals surface area (Å²) in [5.41, 5.74) is 4.67. The zero-order valence-electron chi connectivity index (χ0n) is 15.4. The second-order valence-corrected chi connectivity index (χ2v) is 5.63. The van der Waals surface area contributed by atoms with Gasteiger partial charge >= 0.3 is 11.9 Å². The molecule has 0 amide bonds. The first-order chi connectivity index (χ1) is 11.1. The average Bonchev–Trinajstić information content (AvgIpc) is 2.83. The number of allylic oxidation sites excluding steroid dienone is 3. The normalized spacial score (nSPS) is 10.7. The van der Waals surface area contributed by atoms with Crippen molar-refractivity contribution in [3.05, 3.63) is 78.9 Å². The highest BCUT2D eigenvalue weighted by atomic mass is 16.6. The molecule has 130 valence electrons. The predicted molar refractivity (Wildman–Crippen MR) is 102 cm³/mol. The fraction of sp³-hybridized carbons (Fsp3) is 0.238. The molecule has 0 spiro atoms. The van der Waals surface area contributed by atoms with E-state index in [0.717, 1.165) is 17.7 Å². The van der Waals surface area contributed by atoms with Gasteiger partial charge in [0, 0.05) is 12.2 Å². The summed E-state index contributed by atoms with van der Waals surface area (Å²) in [4.78, 5) is 19.8. The van der Waals surface area contributed by atoms with Gasteiger partial charge < -0.3 is 4.74 Å². The van der Waals surface area contributed by atoms with Gasteiger partial charge in [-0.05, 0) is 40.2 Å². The molecule has 0 N–H and O–H groups in total. The third-order valence-corrected chi connectivity index (χ3v) is 1.82. The number of ether oxygens (including phenoxy) is 1. The molecule has 3 nitrogen and oxygen atoms in total. The number of rotatable bonds is 1. The van der Waals surface area contributed by atoms with Crippen LogP contribution in [0.4, 0.5) is 0 Å². The summed E-state index contributed by atoms with van der Waals surface area (Å²) in [6, 6.07) is 10.2. The number of carbonyl (C=O) groups is 2. The van der Waals surface area contributed by atoms with Gasteiger partial charge in [0.25, 0.3) is 0 Å². The van der Waals surface area contributed by atoms with E-state index in [2.05, 4.69) is 36.6 Å². The maximum absolute atomic E-state index is 9.92. The second-order valence-electron chi connectivity index (χ2n) is 5.63. The smallest absolute Gasteiger partial charge is 0.338 e. The van der Waals surface area contributed by atoms with Gasteiger partial charge in [-0.15, -0.1) is 13.2 Å². The van der Waals surface area contributed by atoms with E-state index in [4.69, 9.17) is 0 Å². The number of carbonyl (C=O) groups excluding carboxylic acids is 2. The van der Waals surface area contributed by atoms with Crippen molar-refractivity contribution in [2.75, 3.05) is 0 Å². The van der Waals surface area contributed by atoms with E-state index < -0.39 is 11.9 Å². The quantitative estimate of drug-likeness (QED) is 0.388. The molecule has 1 aromatic carbocycles. The van der Waals surface area contributed by atoms with Gasteiger partial charge in [-0.1, -0.05) is 53.6 Å². The SMILES string of the molecule is C=C(C)C.C=C(C)C.C=C(C)c1ccccc1.O=C1C=CC(=O)O1. The molecule has 3 heteroatoms. The highest BCUT2D eigenvalue weighted by molar-refractivity contribution is 6.04. The first-order valence-corrected chi connectivity index (χ1v) is 7.45. The minimum atomic E-state index is -0.579. The largest absolute Gasteiger partial charge is 0.387 e. The van der Waals surface area contributed by atoms with Crippen molar-refractivity contribution >= 4 is 17.5 Å². The van der Waals surface area contributed by atoms with Crippen LogP contribution in [0.25, 0.3) is 5.57 Å². The van der Waals surface area contributed by atoms with Crippen molar-refractivity contribution in [2.45, 2.75) is 34.6 Å². The van der Waals surface area contributed by atoms with Crippen LogP contribution in [0.1, 0.15) is 40.2 Å². The third kappa shape index (κ3) is 19.3. The van der Waals surface area contributed by atoms with Gasteiger partial charge in [0.1, 0.15) is 0 Å². The van der Waals surface area contributed by atoms with Gasteiger partial charge in [-0.25, -0.2) is 9.59 Å². The van der Waals surface area contributed by atoms with E-state index in [1.165, 1.54) is 16.7 Å². The monoisotopic (exact) mass is 328 g/mol. The molecular weight excluding hydrogens is 300 g/mol. The maximum Gasteiger partial charge on any atom is 0.338 e. The lowest BCUT2D eigenvalue weighted by atomic mass is 10.1. The average molecular weight is 328 g/mol. The van der Waals surface area contributed by atoms with Crippen LogP contribution in [0.3, 0.4) is 0 Å². The summed E-state index contributed by atoms with van der Waals surface area (Å²) < 4.78 is 3.97. The Morgan fingerprint density at radius 1 is 0.750 bits per heavy atom. The molecule has 0 fully saturated rings. The highest BCUT2D eigenvalue weighted by Crippen LogP contribution is 2.08. The van der Waals surface area contributed by atoms with Crippen LogP contribution in [0, 0.1) is 0 Å². The molecule has 0 atom stereocenters. The van der Waals surface area contributed by atoms with Crippen LogP contribution in [0.5, 0.6) is 0 Å². The zero-order valence-corrected chi connectivity index (χ0v) is 15.4. The Bertz CT molecular complexity index is 557. The van der Waals surface area contributed by atoms with Crippen molar-refractivity contribution < 1.29 is 14.3 Å². The molecule has 1 aromatic rings. The fourth-order valence-corrected chi connectivity index (χ4v) is 1.03. The standard InChI is InChI=1S/C9H10.C4H2O3.2C4H8/c1-8(2)9-6-4-3-5-7-9;5-3-1-2-4(6)7-3;2*1-4(2)3/h3-7H,1H2,2H3;1-2H;2*1H2,2-3H3. The molecule has 1 heterocycles. The molecule has 2 rings (SSSR count). The molecule has 1 aliphatic heterocycles. The summed E-state index contributed by atoms with van der Waals surface area (Å²) in [6.45, 7) is 20.8. The van der Waals surface area contributed by atoms with Gasteiger partial charge in [0.15, 0.2) is 0 Å². The highest BCUT2D eigenvalue weighted by Gasteiger charge is 2.10. The van der Waals surface area contributed by atoms with Crippen molar-refractivity contribution in [3.63, 3.8) is 0 Å². The summed E-state index contributed by atoms with van der Waals surface area (Å²) in [5, 5.41) is 0. The lowest BCUT2D eigenvalue weighted by Gasteiger charge is -1.94. The van der Waals surface area contributed by atoms with Crippen molar-refractivity contribution in [3.8, 4) is 0 Å². The number of esters is 2. The summed E-state index contributed by atoms with van der Waals surface area (Å²) >= 11 is 0. The Balaban J connectivity index is 0.